The van der Waals surface area contributed by atoms with E-state index in [1.54, 1.807) is 0 Å². The molecule has 19 heavy (non-hydrogen) atoms. The van der Waals surface area contributed by atoms with Gasteiger partial charge in [-0.1, -0.05) is 6.42 Å². The van der Waals surface area contributed by atoms with Crippen LogP contribution in [0.4, 0.5) is 0 Å². The third-order valence-electron chi connectivity index (χ3n) is 4.53. The van der Waals surface area contributed by atoms with Crippen LogP contribution in [0.3, 0.4) is 0 Å². The van der Waals surface area contributed by atoms with Crippen molar-refractivity contribution >= 4 is 5.71 Å². The third-order valence-corrected chi connectivity index (χ3v) is 4.53. The Kier molecular flexibility index (Phi) is 3.78. The minimum Gasteiger partial charge on any atom is -0.391 e. The van der Waals surface area contributed by atoms with E-state index in [1.807, 2.05) is 7.05 Å². The number of hydrogen-bond acceptors (Lipinski definition) is 4. The molecule has 2 N–H and O–H groups in total. The average molecular weight is 262 g/mol. The van der Waals surface area contributed by atoms with Gasteiger partial charge in [0.15, 0.2) is 0 Å². The first kappa shape index (κ1) is 13.0. The molecule has 1 aliphatic heterocycles. The summed E-state index contributed by atoms with van der Waals surface area (Å²) in [5, 5.41) is 6.83. The SMILES string of the molecule is CN/C=C(\N=C1CCCCC1)N1CCNC2(CC2)C1. The Morgan fingerprint density at radius 2 is 2.11 bits per heavy atom. The molecular weight excluding hydrogens is 236 g/mol. The summed E-state index contributed by atoms with van der Waals surface area (Å²) in [7, 11) is 1.97. The lowest BCUT2D eigenvalue weighted by Gasteiger charge is -2.35. The second-order valence-electron chi connectivity index (χ2n) is 6.16. The smallest absolute Gasteiger partial charge is 0.144 e. The lowest BCUT2D eigenvalue weighted by atomic mass is 9.98. The highest BCUT2D eigenvalue weighted by atomic mass is 15.3. The zero-order valence-electron chi connectivity index (χ0n) is 12.0. The van der Waals surface area contributed by atoms with E-state index in [9.17, 15) is 0 Å². The second kappa shape index (κ2) is 5.53. The van der Waals surface area contributed by atoms with Gasteiger partial charge in [-0.2, -0.15) is 0 Å². The lowest BCUT2D eigenvalue weighted by molar-refractivity contribution is 0.231. The van der Waals surface area contributed by atoms with Crippen LogP contribution >= 0.6 is 0 Å². The fourth-order valence-electron chi connectivity index (χ4n) is 3.19. The predicted molar refractivity (Wildman–Crippen MR) is 79.2 cm³/mol. The number of aliphatic imine (C=N–C) groups is 1. The van der Waals surface area contributed by atoms with Crippen molar-refractivity contribution in [3.05, 3.63) is 12.0 Å². The minimum atomic E-state index is 0.415. The summed E-state index contributed by atoms with van der Waals surface area (Å²) < 4.78 is 0. The summed E-state index contributed by atoms with van der Waals surface area (Å²) in [5.41, 5.74) is 1.81. The predicted octanol–water partition coefficient (Wildman–Crippen LogP) is 1.85. The van der Waals surface area contributed by atoms with E-state index in [2.05, 4.69) is 21.7 Å². The molecule has 3 rings (SSSR count). The van der Waals surface area contributed by atoms with E-state index >= 15 is 0 Å². The van der Waals surface area contributed by atoms with Gasteiger partial charge in [-0.15, -0.1) is 0 Å². The van der Waals surface area contributed by atoms with E-state index in [0.717, 1.165) is 25.5 Å². The summed E-state index contributed by atoms with van der Waals surface area (Å²) in [4.78, 5) is 7.42. The lowest BCUT2D eigenvalue weighted by Crippen LogP contribution is -2.51. The van der Waals surface area contributed by atoms with Crippen LogP contribution in [0.1, 0.15) is 44.9 Å². The second-order valence-corrected chi connectivity index (χ2v) is 6.16. The summed E-state index contributed by atoms with van der Waals surface area (Å²) >= 11 is 0. The van der Waals surface area contributed by atoms with Gasteiger partial charge >= 0.3 is 0 Å². The normalized spacial score (nSPS) is 26.5. The molecule has 0 atom stereocenters. The van der Waals surface area contributed by atoms with Crippen molar-refractivity contribution in [1.29, 1.82) is 0 Å². The van der Waals surface area contributed by atoms with E-state index in [-0.39, 0.29) is 0 Å². The van der Waals surface area contributed by atoms with Crippen LogP contribution in [-0.4, -0.2) is 42.8 Å². The first-order chi connectivity index (χ1) is 9.31. The van der Waals surface area contributed by atoms with E-state index in [0.29, 0.717) is 5.54 Å². The molecule has 0 unspecified atom stereocenters. The highest BCUT2D eigenvalue weighted by molar-refractivity contribution is 5.85. The number of piperazine rings is 1. The number of rotatable bonds is 3. The van der Waals surface area contributed by atoms with Gasteiger partial charge in [-0.3, -0.25) is 0 Å². The standard InChI is InChI=1S/C15H26N4/c1-16-11-14(18-13-5-3-2-4-6-13)19-10-9-17-15(12-19)7-8-15/h11,16-17H,2-10,12H2,1H3/b14-11+. The topological polar surface area (TPSA) is 39.7 Å². The van der Waals surface area contributed by atoms with Crippen molar-refractivity contribution in [3.8, 4) is 0 Å². The van der Waals surface area contributed by atoms with Gasteiger partial charge in [0, 0.05) is 44.1 Å². The van der Waals surface area contributed by atoms with Gasteiger partial charge in [0.05, 0.1) is 0 Å². The van der Waals surface area contributed by atoms with Crippen molar-refractivity contribution in [2.45, 2.75) is 50.5 Å². The van der Waals surface area contributed by atoms with Crippen LogP contribution in [0.2, 0.25) is 0 Å². The first-order valence-electron chi connectivity index (χ1n) is 7.75. The monoisotopic (exact) mass is 262 g/mol. The quantitative estimate of drug-likeness (QED) is 0.815. The molecule has 1 saturated heterocycles. The number of nitrogens with one attached hydrogen (secondary N) is 2. The summed E-state index contributed by atoms with van der Waals surface area (Å²) in [6, 6.07) is 0. The molecule has 1 heterocycles. The van der Waals surface area contributed by atoms with E-state index in [1.165, 1.54) is 50.7 Å². The van der Waals surface area contributed by atoms with E-state index < -0.39 is 0 Å². The molecule has 0 aromatic rings. The maximum absolute atomic E-state index is 4.96. The van der Waals surface area contributed by atoms with Crippen molar-refractivity contribution in [1.82, 2.24) is 15.5 Å². The molecule has 0 bridgehead atoms. The molecule has 0 radical (unpaired) electrons. The molecule has 2 saturated carbocycles. The van der Waals surface area contributed by atoms with Crippen LogP contribution in [0.5, 0.6) is 0 Å². The molecule has 106 valence electrons. The molecule has 0 aromatic carbocycles. The molecule has 1 spiro atoms. The largest absolute Gasteiger partial charge is 0.391 e. The Hall–Kier alpha value is -1.03. The molecule has 0 amide bonds. The molecule has 2 aliphatic carbocycles. The first-order valence-corrected chi connectivity index (χ1v) is 7.75. The highest BCUT2D eigenvalue weighted by Gasteiger charge is 2.45. The molecule has 4 heteroatoms. The highest BCUT2D eigenvalue weighted by Crippen LogP contribution is 2.38. The van der Waals surface area contributed by atoms with Crippen molar-refractivity contribution < 1.29 is 0 Å². The van der Waals surface area contributed by atoms with Crippen LogP contribution in [0.25, 0.3) is 0 Å². The Morgan fingerprint density at radius 3 is 2.79 bits per heavy atom. The minimum absolute atomic E-state index is 0.415. The van der Waals surface area contributed by atoms with E-state index in [4.69, 9.17) is 4.99 Å². The zero-order chi connectivity index (χ0) is 13.1. The van der Waals surface area contributed by atoms with Gasteiger partial charge in [0.25, 0.3) is 0 Å². The fourth-order valence-corrected chi connectivity index (χ4v) is 3.19. The van der Waals surface area contributed by atoms with Gasteiger partial charge in [-0.25, -0.2) is 4.99 Å². The van der Waals surface area contributed by atoms with Gasteiger partial charge in [-0.05, 0) is 38.5 Å². The van der Waals surface area contributed by atoms with Gasteiger partial charge in [0.2, 0.25) is 0 Å². The van der Waals surface area contributed by atoms with Crippen molar-refractivity contribution in [2.75, 3.05) is 26.7 Å². The Labute approximate surface area is 116 Å². The molecule has 0 aromatic heterocycles. The Balaban J connectivity index is 1.71. The third kappa shape index (κ3) is 3.11. The van der Waals surface area contributed by atoms with Crippen LogP contribution in [-0.2, 0) is 0 Å². The van der Waals surface area contributed by atoms with Gasteiger partial charge in [0.1, 0.15) is 5.82 Å². The number of hydrogen-bond donors (Lipinski definition) is 2. The maximum atomic E-state index is 4.96. The van der Waals surface area contributed by atoms with Crippen molar-refractivity contribution in [2.24, 2.45) is 4.99 Å². The van der Waals surface area contributed by atoms with Crippen LogP contribution in [0.15, 0.2) is 17.0 Å². The van der Waals surface area contributed by atoms with Gasteiger partial charge < -0.3 is 15.5 Å². The summed E-state index contributed by atoms with van der Waals surface area (Å²) in [6.07, 6.45) is 11.1. The Morgan fingerprint density at radius 1 is 1.32 bits per heavy atom. The average Bonchev–Trinajstić information content (AvgIpc) is 3.18. The van der Waals surface area contributed by atoms with Crippen LogP contribution < -0.4 is 10.6 Å². The fraction of sp³-hybridized carbons (Fsp3) is 0.800. The maximum Gasteiger partial charge on any atom is 0.144 e. The number of nitrogens with zero attached hydrogens (tertiary/aromatic N) is 2. The summed E-state index contributed by atoms with van der Waals surface area (Å²) in [5.74, 6) is 1.15. The molecule has 4 nitrogen and oxygen atoms in total. The molecular formula is C15H26N4. The summed E-state index contributed by atoms with van der Waals surface area (Å²) in [6.45, 7) is 3.29. The molecule has 3 aliphatic rings. The Bertz CT molecular complexity index is 374. The van der Waals surface area contributed by atoms with Crippen molar-refractivity contribution in [3.63, 3.8) is 0 Å². The molecule has 3 fully saturated rings. The zero-order valence-corrected chi connectivity index (χ0v) is 12.0. The van der Waals surface area contributed by atoms with Crippen LogP contribution in [0, 0.1) is 0 Å².